The summed E-state index contributed by atoms with van der Waals surface area (Å²) in [5, 5.41) is 11.5. The number of thioether (sulfide) groups is 1. The fourth-order valence-corrected chi connectivity index (χ4v) is 4.57. The zero-order valence-corrected chi connectivity index (χ0v) is 18.1. The minimum atomic E-state index is 0.609. The third-order valence-corrected chi connectivity index (χ3v) is 6.16. The zero-order chi connectivity index (χ0) is 20.2. The fourth-order valence-electron chi connectivity index (χ4n) is 2.75. The van der Waals surface area contributed by atoms with Crippen LogP contribution in [0.3, 0.4) is 0 Å². The van der Waals surface area contributed by atoms with E-state index in [-0.39, 0.29) is 0 Å². The van der Waals surface area contributed by atoms with Crippen molar-refractivity contribution in [1.29, 1.82) is 0 Å². The monoisotopic (exact) mass is 444 g/mol. The Kier molecular flexibility index (Phi) is 6.03. The highest BCUT2D eigenvalue weighted by atomic mass is 35.5. The number of H-pyrrole nitrogens is 1. The zero-order valence-electron chi connectivity index (χ0n) is 15.7. The number of benzene rings is 2. The second kappa shape index (κ2) is 8.86. The van der Waals surface area contributed by atoms with Gasteiger partial charge in [0.25, 0.3) is 0 Å². The van der Waals surface area contributed by atoms with Crippen molar-refractivity contribution in [3.63, 3.8) is 0 Å². The van der Waals surface area contributed by atoms with Gasteiger partial charge < -0.3 is 9.47 Å². The molecular formula is C20H17ClN4O2S2. The normalized spacial score (nSPS) is 10.9. The number of hydrogen-bond donors (Lipinski definition) is 1. The lowest BCUT2D eigenvalue weighted by molar-refractivity contribution is 0.416. The van der Waals surface area contributed by atoms with Crippen LogP contribution in [0.1, 0.15) is 5.69 Å². The molecule has 4 aromatic rings. The molecule has 6 nitrogen and oxygen atoms in total. The van der Waals surface area contributed by atoms with E-state index < -0.39 is 0 Å². The molecule has 2 aromatic heterocycles. The van der Waals surface area contributed by atoms with Gasteiger partial charge in [-0.25, -0.2) is 9.97 Å². The number of aromatic nitrogens is 4. The molecule has 0 fully saturated rings. The molecule has 29 heavy (non-hydrogen) atoms. The fraction of sp³-hybridized carbons (Fsp3) is 0.150. The number of rotatable bonds is 7. The molecule has 0 atom stereocenters. The predicted octanol–water partition coefficient (Wildman–Crippen LogP) is 5.56. The maximum atomic E-state index is 6.11. The lowest BCUT2D eigenvalue weighted by Crippen LogP contribution is -1.89. The average molecular weight is 445 g/mol. The summed E-state index contributed by atoms with van der Waals surface area (Å²) in [6.45, 7) is 0. The van der Waals surface area contributed by atoms with Crippen LogP contribution in [0.5, 0.6) is 11.5 Å². The summed E-state index contributed by atoms with van der Waals surface area (Å²) in [4.78, 5) is 9.27. The van der Waals surface area contributed by atoms with Gasteiger partial charge in [0.2, 0.25) is 5.16 Å². The van der Waals surface area contributed by atoms with Gasteiger partial charge in [0.1, 0.15) is 16.5 Å². The average Bonchev–Trinajstić information content (AvgIpc) is 3.42. The van der Waals surface area contributed by atoms with Gasteiger partial charge in [-0.15, -0.1) is 16.4 Å². The molecule has 0 radical (unpaired) electrons. The lowest BCUT2D eigenvalue weighted by Gasteiger charge is -2.05. The molecule has 0 spiro atoms. The number of methoxy groups -OCH3 is 2. The number of nitrogens with zero attached hydrogens (tertiary/aromatic N) is 3. The quantitative estimate of drug-likeness (QED) is 0.376. The standard InChI is InChI=1S/C20H17ClN4O2S2/c1-26-16-6-4-3-5-14(16)19-22-13(10-28-19)11-29-20-23-18(24-25-20)15-9-12(21)7-8-17(15)27-2/h3-10H,11H2,1-2H3,(H,23,24,25). The third kappa shape index (κ3) is 4.39. The Labute approximate surface area is 181 Å². The number of halogens is 1. The van der Waals surface area contributed by atoms with Gasteiger partial charge in [0.15, 0.2) is 5.82 Å². The maximum Gasteiger partial charge on any atom is 0.209 e. The minimum absolute atomic E-state index is 0.609. The van der Waals surface area contributed by atoms with E-state index in [1.165, 1.54) is 11.8 Å². The van der Waals surface area contributed by atoms with Gasteiger partial charge in [-0.05, 0) is 30.3 Å². The highest BCUT2D eigenvalue weighted by Gasteiger charge is 2.14. The molecule has 0 amide bonds. The SMILES string of the molecule is COc1ccc(Cl)cc1-c1nc(SCc2csc(-c3ccccc3OC)n2)n[nH]1. The molecule has 0 aliphatic carbocycles. The van der Waals surface area contributed by atoms with Gasteiger partial charge in [-0.1, -0.05) is 35.5 Å². The summed E-state index contributed by atoms with van der Waals surface area (Å²) in [6, 6.07) is 13.3. The first-order chi connectivity index (χ1) is 14.2. The van der Waals surface area contributed by atoms with E-state index in [1.807, 2.05) is 35.7 Å². The van der Waals surface area contributed by atoms with E-state index in [0.29, 0.717) is 27.5 Å². The van der Waals surface area contributed by atoms with E-state index >= 15 is 0 Å². The number of nitrogens with one attached hydrogen (secondary N) is 1. The van der Waals surface area contributed by atoms with Crippen LogP contribution in [0.25, 0.3) is 22.0 Å². The summed E-state index contributed by atoms with van der Waals surface area (Å²) < 4.78 is 10.8. The van der Waals surface area contributed by atoms with Crippen molar-refractivity contribution in [2.75, 3.05) is 14.2 Å². The Morgan fingerprint density at radius 3 is 2.66 bits per heavy atom. The van der Waals surface area contributed by atoms with Crippen molar-refractivity contribution < 1.29 is 9.47 Å². The first-order valence-corrected chi connectivity index (χ1v) is 10.9. The lowest BCUT2D eigenvalue weighted by atomic mass is 10.2. The Morgan fingerprint density at radius 2 is 1.83 bits per heavy atom. The summed E-state index contributed by atoms with van der Waals surface area (Å²) in [5.41, 5.74) is 2.73. The molecule has 0 bridgehead atoms. The molecule has 0 aliphatic rings. The molecule has 9 heteroatoms. The summed E-state index contributed by atoms with van der Waals surface area (Å²) in [6.07, 6.45) is 0. The Balaban J connectivity index is 1.47. The van der Waals surface area contributed by atoms with E-state index in [9.17, 15) is 0 Å². The highest BCUT2D eigenvalue weighted by molar-refractivity contribution is 7.98. The second-order valence-corrected chi connectivity index (χ2v) is 8.18. The number of para-hydroxylation sites is 1. The number of thiazole rings is 1. The molecule has 2 heterocycles. The van der Waals surface area contributed by atoms with Crippen molar-refractivity contribution in [3.8, 4) is 33.5 Å². The molecule has 0 saturated heterocycles. The predicted molar refractivity (Wildman–Crippen MR) is 117 cm³/mol. The highest BCUT2D eigenvalue weighted by Crippen LogP contribution is 2.34. The molecule has 4 rings (SSSR count). The van der Waals surface area contributed by atoms with Gasteiger partial charge >= 0.3 is 0 Å². The summed E-state index contributed by atoms with van der Waals surface area (Å²) in [5.74, 6) is 2.77. The minimum Gasteiger partial charge on any atom is -0.496 e. The Hall–Kier alpha value is -2.55. The van der Waals surface area contributed by atoms with Crippen LogP contribution < -0.4 is 9.47 Å². The van der Waals surface area contributed by atoms with Crippen LogP contribution >= 0.6 is 34.7 Å². The van der Waals surface area contributed by atoms with Crippen LogP contribution in [0.2, 0.25) is 5.02 Å². The van der Waals surface area contributed by atoms with Crippen molar-refractivity contribution >= 4 is 34.7 Å². The number of aromatic amines is 1. The molecule has 0 aliphatic heterocycles. The molecule has 2 aromatic carbocycles. The van der Waals surface area contributed by atoms with Crippen molar-refractivity contribution in [2.45, 2.75) is 10.9 Å². The van der Waals surface area contributed by atoms with E-state index in [4.69, 9.17) is 26.1 Å². The number of hydrogen-bond acceptors (Lipinski definition) is 7. The van der Waals surface area contributed by atoms with Crippen molar-refractivity contribution in [2.24, 2.45) is 0 Å². The first kappa shape index (κ1) is 19.8. The largest absolute Gasteiger partial charge is 0.496 e. The summed E-state index contributed by atoms with van der Waals surface area (Å²) in [7, 11) is 3.28. The van der Waals surface area contributed by atoms with E-state index in [0.717, 1.165) is 27.6 Å². The Bertz CT molecular complexity index is 1130. The van der Waals surface area contributed by atoms with Gasteiger partial charge in [0.05, 0.1) is 31.0 Å². The van der Waals surface area contributed by atoms with Crippen LogP contribution in [0.15, 0.2) is 53.0 Å². The maximum absolute atomic E-state index is 6.11. The third-order valence-electron chi connectivity index (χ3n) is 4.12. The molecule has 0 saturated carbocycles. The van der Waals surface area contributed by atoms with Crippen LogP contribution in [0, 0.1) is 0 Å². The molecule has 148 valence electrons. The molecule has 1 N–H and O–H groups in total. The summed E-state index contributed by atoms with van der Waals surface area (Å²) >= 11 is 9.21. The van der Waals surface area contributed by atoms with Gasteiger partial charge in [-0.2, -0.15) is 0 Å². The smallest absolute Gasteiger partial charge is 0.209 e. The van der Waals surface area contributed by atoms with E-state index in [2.05, 4.69) is 15.2 Å². The second-order valence-electron chi connectivity index (χ2n) is 5.94. The number of ether oxygens (including phenoxy) is 2. The van der Waals surface area contributed by atoms with Crippen LogP contribution in [0.4, 0.5) is 0 Å². The van der Waals surface area contributed by atoms with Gasteiger partial charge in [0, 0.05) is 16.2 Å². The van der Waals surface area contributed by atoms with E-state index in [1.54, 1.807) is 37.7 Å². The van der Waals surface area contributed by atoms with Crippen LogP contribution in [-0.2, 0) is 5.75 Å². The Morgan fingerprint density at radius 1 is 1.03 bits per heavy atom. The molecule has 0 unspecified atom stereocenters. The molecular weight excluding hydrogens is 428 g/mol. The topological polar surface area (TPSA) is 72.9 Å². The van der Waals surface area contributed by atoms with Crippen molar-refractivity contribution in [3.05, 3.63) is 58.6 Å². The first-order valence-electron chi connectivity index (χ1n) is 8.65. The van der Waals surface area contributed by atoms with Crippen LogP contribution in [-0.4, -0.2) is 34.4 Å². The van der Waals surface area contributed by atoms with Gasteiger partial charge in [-0.3, -0.25) is 5.10 Å². The van der Waals surface area contributed by atoms with Crippen molar-refractivity contribution in [1.82, 2.24) is 20.2 Å².